The van der Waals surface area contributed by atoms with Crippen molar-refractivity contribution in [3.63, 3.8) is 0 Å². The summed E-state index contributed by atoms with van der Waals surface area (Å²) >= 11 is 0. The van der Waals surface area contributed by atoms with Crippen LogP contribution in [0.4, 0.5) is 0 Å². The van der Waals surface area contributed by atoms with Crippen LogP contribution in [0.2, 0.25) is 0 Å². The molecule has 20 heavy (non-hydrogen) atoms. The molecular formula is C18H27NO. The molecule has 2 heteroatoms. The fraction of sp³-hybridized carbons (Fsp3) is 0.667. The number of fused-ring (bicyclic) bond motifs is 2. The van der Waals surface area contributed by atoms with Gasteiger partial charge in [-0.05, 0) is 68.2 Å². The van der Waals surface area contributed by atoms with E-state index in [1.807, 2.05) is 6.92 Å². The van der Waals surface area contributed by atoms with Gasteiger partial charge in [0.2, 0.25) is 0 Å². The maximum atomic E-state index is 5.67. The molecule has 0 radical (unpaired) electrons. The molecule has 0 saturated heterocycles. The van der Waals surface area contributed by atoms with E-state index in [2.05, 4.69) is 36.5 Å². The van der Waals surface area contributed by atoms with Crippen LogP contribution >= 0.6 is 0 Å². The Labute approximate surface area is 122 Å². The third kappa shape index (κ3) is 2.71. The van der Waals surface area contributed by atoms with Gasteiger partial charge in [0, 0.05) is 6.04 Å². The predicted octanol–water partition coefficient (Wildman–Crippen LogP) is 4.17. The minimum atomic E-state index is 0.510. The monoisotopic (exact) mass is 273 g/mol. The predicted molar refractivity (Wildman–Crippen MR) is 83.0 cm³/mol. The largest absolute Gasteiger partial charge is 0.494 e. The molecule has 4 atom stereocenters. The first-order chi connectivity index (χ1) is 9.81. The van der Waals surface area contributed by atoms with E-state index in [1.54, 1.807) is 0 Å². The fourth-order valence-corrected chi connectivity index (χ4v) is 4.40. The average Bonchev–Trinajstić information content (AvgIpc) is 3.08. The second-order valence-corrected chi connectivity index (χ2v) is 6.38. The molecule has 3 rings (SSSR count). The molecule has 1 aromatic carbocycles. The molecule has 2 aliphatic carbocycles. The van der Waals surface area contributed by atoms with Crippen molar-refractivity contribution in [3.05, 3.63) is 29.8 Å². The maximum absolute atomic E-state index is 5.67. The van der Waals surface area contributed by atoms with Gasteiger partial charge in [-0.25, -0.2) is 0 Å². The number of benzene rings is 1. The van der Waals surface area contributed by atoms with Crippen LogP contribution < -0.4 is 10.1 Å². The summed E-state index contributed by atoms with van der Waals surface area (Å²) in [7, 11) is 0. The molecule has 0 spiro atoms. The van der Waals surface area contributed by atoms with Crippen molar-refractivity contribution < 1.29 is 4.74 Å². The summed E-state index contributed by atoms with van der Waals surface area (Å²) in [6.07, 6.45) is 5.81. The molecule has 110 valence electrons. The summed E-state index contributed by atoms with van der Waals surface area (Å²) in [5.74, 6) is 3.78. The first-order valence-corrected chi connectivity index (χ1v) is 8.28. The van der Waals surface area contributed by atoms with Crippen molar-refractivity contribution in [2.75, 3.05) is 13.2 Å². The molecule has 2 bridgehead atoms. The molecule has 0 amide bonds. The molecule has 1 N–H and O–H groups in total. The van der Waals surface area contributed by atoms with E-state index in [1.165, 1.54) is 31.2 Å². The number of ether oxygens (including phenoxy) is 1. The lowest BCUT2D eigenvalue weighted by Gasteiger charge is -2.31. The molecule has 0 aromatic heterocycles. The lowest BCUT2D eigenvalue weighted by molar-refractivity contribution is 0.252. The van der Waals surface area contributed by atoms with Crippen molar-refractivity contribution in [2.24, 2.45) is 17.8 Å². The highest BCUT2D eigenvalue weighted by Crippen LogP contribution is 2.52. The molecule has 0 heterocycles. The molecule has 0 aliphatic heterocycles. The number of hydrogen-bond donors (Lipinski definition) is 1. The molecule has 2 fully saturated rings. The zero-order valence-corrected chi connectivity index (χ0v) is 12.8. The summed E-state index contributed by atoms with van der Waals surface area (Å²) in [6, 6.07) is 9.22. The van der Waals surface area contributed by atoms with Crippen LogP contribution in [0.1, 0.15) is 51.1 Å². The first kappa shape index (κ1) is 13.9. The standard InChI is InChI=1S/C18H27NO/c1-3-19-18(17-11-13-8-9-14(17)10-13)15-6-5-7-16(12-15)20-4-2/h5-7,12-14,17-19H,3-4,8-11H2,1-2H3. The molecule has 2 saturated carbocycles. The molecular weight excluding hydrogens is 246 g/mol. The highest BCUT2D eigenvalue weighted by molar-refractivity contribution is 5.31. The van der Waals surface area contributed by atoms with Crippen LogP contribution in [-0.2, 0) is 0 Å². The normalized spacial score (nSPS) is 29.6. The van der Waals surface area contributed by atoms with Gasteiger partial charge in [0.15, 0.2) is 0 Å². The Morgan fingerprint density at radius 1 is 1.25 bits per heavy atom. The number of hydrogen-bond acceptors (Lipinski definition) is 2. The van der Waals surface area contributed by atoms with Crippen LogP contribution in [-0.4, -0.2) is 13.2 Å². The topological polar surface area (TPSA) is 21.3 Å². The van der Waals surface area contributed by atoms with Gasteiger partial charge >= 0.3 is 0 Å². The van der Waals surface area contributed by atoms with Gasteiger partial charge in [-0.2, -0.15) is 0 Å². The molecule has 1 aromatic rings. The van der Waals surface area contributed by atoms with E-state index in [0.29, 0.717) is 6.04 Å². The highest BCUT2D eigenvalue weighted by atomic mass is 16.5. The van der Waals surface area contributed by atoms with Crippen LogP contribution in [0.25, 0.3) is 0 Å². The van der Waals surface area contributed by atoms with E-state index in [9.17, 15) is 0 Å². The van der Waals surface area contributed by atoms with Crippen LogP contribution in [0.3, 0.4) is 0 Å². The molecule has 2 aliphatic rings. The smallest absolute Gasteiger partial charge is 0.119 e. The van der Waals surface area contributed by atoms with E-state index >= 15 is 0 Å². The Morgan fingerprint density at radius 3 is 2.80 bits per heavy atom. The van der Waals surface area contributed by atoms with Gasteiger partial charge in [0.05, 0.1) is 6.61 Å². The maximum Gasteiger partial charge on any atom is 0.119 e. The van der Waals surface area contributed by atoms with Gasteiger partial charge in [0.25, 0.3) is 0 Å². The lowest BCUT2D eigenvalue weighted by atomic mass is 9.80. The Bertz CT molecular complexity index is 445. The van der Waals surface area contributed by atoms with Crippen molar-refractivity contribution in [1.29, 1.82) is 0 Å². The van der Waals surface area contributed by atoms with Gasteiger partial charge in [-0.3, -0.25) is 0 Å². The second kappa shape index (κ2) is 6.17. The fourth-order valence-electron chi connectivity index (χ4n) is 4.40. The van der Waals surface area contributed by atoms with E-state index < -0.39 is 0 Å². The van der Waals surface area contributed by atoms with E-state index in [-0.39, 0.29) is 0 Å². The zero-order valence-electron chi connectivity index (χ0n) is 12.8. The summed E-state index contributed by atoms with van der Waals surface area (Å²) < 4.78 is 5.67. The average molecular weight is 273 g/mol. The van der Waals surface area contributed by atoms with Crippen LogP contribution in [0.5, 0.6) is 5.75 Å². The van der Waals surface area contributed by atoms with E-state index in [4.69, 9.17) is 4.74 Å². The Kier molecular flexibility index (Phi) is 4.30. The number of rotatable bonds is 6. The summed E-state index contributed by atoms with van der Waals surface area (Å²) in [6.45, 7) is 6.04. The van der Waals surface area contributed by atoms with Crippen molar-refractivity contribution >= 4 is 0 Å². The third-order valence-corrected chi connectivity index (χ3v) is 5.17. The summed E-state index contributed by atoms with van der Waals surface area (Å²) in [5, 5.41) is 3.74. The Hall–Kier alpha value is -1.02. The van der Waals surface area contributed by atoms with Gasteiger partial charge in [-0.15, -0.1) is 0 Å². The highest BCUT2D eigenvalue weighted by Gasteiger charge is 2.43. The SMILES string of the molecule is CCNC(c1cccc(OCC)c1)C1CC2CCC1C2. The van der Waals surface area contributed by atoms with Crippen LogP contribution in [0.15, 0.2) is 24.3 Å². The Balaban J connectivity index is 1.81. The quantitative estimate of drug-likeness (QED) is 0.840. The van der Waals surface area contributed by atoms with Crippen molar-refractivity contribution in [2.45, 2.75) is 45.6 Å². The summed E-state index contributed by atoms with van der Waals surface area (Å²) in [5.41, 5.74) is 1.41. The Morgan fingerprint density at radius 2 is 2.15 bits per heavy atom. The minimum Gasteiger partial charge on any atom is -0.494 e. The number of nitrogens with one attached hydrogen (secondary N) is 1. The molecule has 4 unspecified atom stereocenters. The van der Waals surface area contributed by atoms with E-state index in [0.717, 1.165) is 36.7 Å². The summed E-state index contributed by atoms with van der Waals surface area (Å²) in [4.78, 5) is 0. The van der Waals surface area contributed by atoms with Crippen molar-refractivity contribution in [1.82, 2.24) is 5.32 Å². The second-order valence-electron chi connectivity index (χ2n) is 6.38. The first-order valence-electron chi connectivity index (χ1n) is 8.28. The van der Waals surface area contributed by atoms with Crippen molar-refractivity contribution in [3.8, 4) is 5.75 Å². The van der Waals surface area contributed by atoms with Gasteiger partial charge in [0.1, 0.15) is 5.75 Å². The molecule has 2 nitrogen and oxygen atoms in total. The minimum absolute atomic E-state index is 0.510. The van der Waals surface area contributed by atoms with Crippen LogP contribution in [0, 0.1) is 17.8 Å². The van der Waals surface area contributed by atoms with Gasteiger partial charge < -0.3 is 10.1 Å². The zero-order chi connectivity index (χ0) is 13.9. The lowest BCUT2D eigenvalue weighted by Crippen LogP contribution is -2.31. The van der Waals surface area contributed by atoms with Gasteiger partial charge in [-0.1, -0.05) is 25.5 Å². The third-order valence-electron chi connectivity index (χ3n) is 5.17.